The molecule has 5 heteroatoms. The lowest BCUT2D eigenvalue weighted by molar-refractivity contribution is -0.385. The number of carbonyl (C=O) groups is 1. The minimum absolute atomic E-state index is 0.0726. The number of hydrogen-bond acceptors (Lipinski definition) is 4. The first-order valence-electron chi connectivity index (χ1n) is 7.59. The van der Waals surface area contributed by atoms with E-state index in [0.717, 1.165) is 30.6 Å². The molecule has 0 N–H and O–H groups in total. The molecule has 1 aromatic carbocycles. The predicted molar refractivity (Wildman–Crippen MR) is 80.8 cm³/mol. The van der Waals surface area contributed by atoms with Crippen LogP contribution in [0.4, 0.5) is 11.4 Å². The zero-order valence-electron chi connectivity index (χ0n) is 12.2. The molecular weight excluding hydrogens is 268 g/mol. The SMILES string of the molecule is CC(=O)c1ccc(N(CC2CC2)CC2CC2)cc1[N+](=O)[O-]. The fourth-order valence-corrected chi connectivity index (χ4v) is 2.68. The van der Waals surface area contributed by atoms with Crippen molar-refractivity contribution in [2.75, 3.05) is 18.0 Å². The third-order valence-electron chi connectivity index (χ3n) is 4.27. The van der Waals surface area contributed by atoms with Gasteiger partial charge in [0.2, 0.25) is 0 Å². The van der Waals surface area contributed by atoms with Gasteiger partial charge in [0.15, 0.2) is 5.78 Å². The predicted octanol–water partition coefficient (Wildman–Crippen LogP) is 3.42. The highest BCUT2D eigenvalue weighted by Crippen LogP contribution is 2.37. The van der Waals surface area contributed by atoms with E-state index < -0.39 is 4.92 Å². The summed E-state index contributed by atoms with van der Waals surface area (Å²) in [4.78, 5) is 24.5. The number of Topliss-reactive ketones (excluding diaryl/α,β-unsaturated/α-hetero) is 1. The largest absolute Gasteiger partial charge is 0.371 e. The number of carbonyl (C=O) groups excluding carboxylic acids is 1. The molecule has 0 aromatic heterocycles. The van der Waals surface area contributed by atoms with E-state index in [1.165, 1.54) is 32.6 Å². The van der Waals surface area contributed by atoms with E-state index in [0.29, 0.717) is 0 Å². The van der Waals surface area contributed by atoms with Crippen LogP contribution in [0.1, 0.15) is 43.0 Å². The number of ketones is 1. The van der Waals surface area contributed by atoms with Gasteiger partial charge in [0.1, 0.15) is 0 Å². The van der Waals surface area contributed by atoms with Crippen LogP contribution in [0.3, 0.4) is 0 Å². The van der Waals surface area contributed by atoms with E-state index in [-0.39, 0.29) is 17.0 Å². The summed E-state index contributed by atoms with van der Waals surface area (Å²) in [5, 5.41) is 11.2. The molecule has 112 valence electrons. The van der Waals surface area contributed by atoms with E-state index in [2.05, 4.69) is 4.90 Å². The van der Waals surface area contributed by atoms with Gasteiger partial charge in [-0.2, -0.15) is 0 Å². The standard InChI is InChI=1S/C16H20N2O3/c1-11(19)15-7-6-14(8-16(15)18(20)21)17(9-12-2-3-12)10-13-4-5-13/h6-8,12-13H,2-5,9-10H2,1H3. The molecule has 0 unspecified atom stereocenters. The number of nitro benzene ring substituents is 1. The summed E-state index contributed by atoms with van der Waals surface area (Å²) < 4.78 is 0. The molecular formula is C16H20N2O3. The van der Waals surface area contributed by atoms with Gasteiger partial charge in [0.25, 0.3) is 5.69 Å². The van der Waals surface area contributed by atoms with Crippen LogP contribution < -0.4 is 4.90 Å². The Labute approximate surface area is 124 Å². The number of nitrogens with zero attached hydrogens (tertiary/aromatic N) is 2. The molecule has 5 nitrogen and oxygen atoms in total. The van der Waals surface area contributed by atoms with Crippen LogP contribution >= 0.6 is 0 Å². The molecule has 0 saturated heterocycles. The van der Waals surface area contributed by atoms with Gasteiger partial charge in [0, 0.05) is 24.8 Å². The average Bonchev–Trinajstić information content (AvgIpc) is 3.32. The topological polar surface area (TPSA) is 63.5 Å². The van der Waals surface area contributed by atoms with Gasteiger partial charge in [-0.3, -0.25) is 14.9 Å². The van der Waals surface area contributed by atoms with Crippen LogP contribution in [-0.2, 0) is 0 Å². The van der Waals surface area contributed by atoms with Crippen molar-refractivity contribution in [1.29, 1.82) is 0 Å². The Morgan fingerprint density at radius 1 is 1.24 bits per heavy atom. The van der Waals surface area contributed by atoms with Crippen LogP contribution in [0.2, 0.25) is 0 Å². The van der Waals surface area contributed by atoms with Crippen LogP contribution in [0, 0.1) is 22.0 Å². The number of hydrogen-bond donors (Lipinski definition) is 0. The number of anilines is 1. The van der Waals surface area contributed by atoms with Gasteiger partial charge < -0.3 is 4.90 Å². The Kier molecular flexibility index (Phi) is 3.66. The first-order chi connectivity index (χ1) is 10.0. The molecule has 0 radical (unpaired) electrons. The molecule has 0 atom stereocenters. The smallest absolute Gasteiger partial charge is 0.282 e. The Bertz CT molecular complexity index is 563. The lowest BCUT2D eigenvalue weighted by atomic mass is 10.1. The van der Waals surface area contributed by atoms with E-state index in [1.807, 2.05) is 6.07 Å². The van der Waals surface area contributed by atoms with Crippen molar-refractivity contribution in [2.45, 2.75) is 32.6 Å². The highest BCUT2D eigenvalue weighted by Gasteiger charge is 2.30. The van der Waals surface area contributed by atoms with Crippen molar-refractivity contribution in [2.24, 2.45) is 11.8 Å². The van der Waals surface area contributed by atoms with Crippen LogP contribution in [0.25, 0.3) is 0 Å². The summed E-state index contributed by atoms with van der Waals surface area (Å²) in [6.45, 7) is 3.33. The normalized spacial score (nSPS) is 17.6. The summed E-state index contributed by atoms with van der Waals surface area (Å²) in [6.07, 6.45) is 5.03. The van der Waals surface area contributed by atoms with E-state index >= 15 is 0 Å². The number of benzene rings is 1. The fraction of sp³-hybridized carbons (Fsp3) is 0.562. The maximum absolute atomic E-state index is 11.5. The van der Waals surface area contributed by atoms with Gasteiger partial charge >= 0.3 is 0 Å². The molecule has 21 heavy (non-hydrogen) atoms. The quantitative estimate of drug-likeness (QED) is 0.438. The molecule has 2 aliphatic carbocycles. The summed E-state index contributed by atoms with van der Waals surface area (Å²) in [7, 11) is 0. The minimum atomic E-state index is -0.452. The Balaban J connectivity index is 1.88. The van der Waals surface area contributed by atoms with E-state index in [4.69, 9.17) is 0 Å². The highest BCUT2D eigenvalue weighted by molar-refractivity contribution is 5.98. The van der Waals surface area contributed by atoms with Crippen LogP contribution in [0.15, 0.2) is 18.2 Å². The fourth-order valence-electron chi connectivity index (χ4n) is 2.68. The lowest BCUT2D eigenvalue weighted by Gasteiger charge is -2.25. The maximum Gasteiger partial charge on any atom is 0.282 e. The van der Waals surface area contributed by atoms with E-state index in [1.54, 1.807) is 12.1 Å². The Morgan fingerprint density at radius 3 is 2.24 bits per heavy atom. The van der Waals surface area contributed by atoms with Gasteiger partial charge in [-0.25, -0.2) is 0 Å². The van der Waals surface area contributed by atoms with Crippen molar-refractivity contribution in [3.8, 4) is 0 Å². The maximum atomic E-state index is 11.5. The average molecular weight is 288 g/mol. The number of rotatable bonds is 7. The van der Waals surface area contributed by atoms with Crippen LogP contribution in [0.5, 0.6) is 0 Å². The second-order valence-electron chi connectivity index (χ2n) is 6.31. The molecule has 0 spiro atoms. The third kappa shape index (κ3) is 3.40. The summed E-state index contributed by atoms with van der Waals surface area (Å²) in [5.41, 5.74) is 1.00. The Morgan fingerprint density at radius 2 is 1.81 bits per heavy atom. The molecule has 0 heterocycles. The number of nitro groups is 1. The molecule has 1 aromatic rings. The first kappa shape index (κ1) is 14.0. The second kappa shape index (κ2) is 5.47. The Hall–Kier alpha value is -1.91. The van der Waals surface area contributed by atoms with Crippen molar-refractivity contribution in [3.63, 3.8) is 0 Å². The third-order valence-corrected chi connectivity index (χ3v) is 4.27. The molecule has 0 aliphatic heterocycles. The molecule has 2 fully saturated rings. The molecule has 0 amide bonds. The summed E-state index contributed by atoms with van der Waals surface area (Å²) in [5.74, 6) is 1.20. The van der Waals surface area contributed by atoms with Crippen molar-refractivity contribution in [1.82, 2.24) is 0 Å². The molecule has 2 saturated carbocycles. The van der Waals surface area contributed by atoms with Gasteiger partial charge in [-0.1, -0.05) is 0 Å². The highest BCUT2D eigenvalue weighted by atomic mass is 16.6. The lowest BCUT2D eigenvalue weighted by Crippen LogP contribution is -2.28. The minimum Gasteiger partial charge on any atom is -0.371 e. The van der Waals surface area contributed by atoms with Crippen molar-refractivity contribution >= 4 is 17.2 Å². The van der Waals surface area contributed by atoms with E-state index in [9.17, 15) is 14.9 Å². The van der Waals surface area contributed by atoms with Crippen molar-refractivity contribution in [3.05, 3.63) is 33.9 Å². The first-order valence-corrected chi connectivity index (χ1v) is 7.59. The molecule has 2 aliphatic rings. The zero-order chi connectivity index (χ0) is 15.0. The van der Waals surface area contributed by atoms with Crippen molar-refractivity contribution < 1.29 is 9.72 Å². The summed E-state index contributed by atoms with van der Waals surface area (Å²) >= 11 is 0. The van der Waals surface area contributed by atoms with Gasteiger partial charge in [0.05, 0.1) is 10.5 Å². The summed E-state index contributed by atoms with van der Waals surface area (Å²) in [6, 6.07) is 5.03. The second-order valence-corrected chi connectivity index (χ2v) is 6.31. The van der Waals surface area contributed by atoms with Gasteiger partial charge in [-0.15, -0.1) is 0 Å². The zero-order valence-corrected chi connectivity index (χ0v) is 12.2. The van der Waals surface area contributed by atoms with Crippen LogP contribution in [-0.4, -0.2) is 23.8 Å². The monoisotopic (exact) mass is 288 g/mol. The van der Waals surface area contributed by atoms with Gasteiger partial charge in [-0.05, 0) is 56.6 Å². The molecule has 0 bridgehead atoms. The molecule has 3 rings (SSSR count).